The second-order valence-corrected chi connectivity index (χ2v) is 6.20. The molecule has 0 aliphatic carbocycles. The Morgan fingerprint density at radius 3 is 2.47 bits per heavy atom. The van der Waals surface area contributed by atoms with Crippen LogP contribution in [0.4, 0.5) is 0 Å². The van der Waals surface area contributed by atoms with Gasteiger partial charge in [0.1, 0.15) is 0 Å². The standard InChI is InChI=1S/C14H26N2S/c1-11(2)14(8-15-12(3)4)16(5)9-13-6-7-17-10-13/h6-7,10-12,14-15H,8-9H2,1-5H3. The lowest BCUT2D eigenvalue weighted by Gasteiger charge is -2.32. The van der Waals surface area contributed by atoms with E-state index in [-0.39, 0.29) is 0 Å². The molecule has 1 aromatic rings. The van der Waals surface area contributed by atoms with Gasteiger partial charge in [-0.1, -0.05) is 27.7 Å². The van der Waals surface area contributed by atoms with Gasteiger partial charge >= 0.3 is 0 Å². The van der Waals surface area contributed by atoms with Crippen molar-refractivity contribution in [2.24, 2.45) is 5.92 Å². The zero-order valence-corrected chi connectivity index (χ0v) is 12.6. The van der Waals surface area contributed by atoms with Gasteiger partial charge in [-0.25, -0.2) is 0 Å². The van der Waals surface area contributed by atoms with Crippen molar-refractivity contribution in [2.45, 2.75) is 46.3 Å². The van der Waals surface area contributed by atoms with E-state index in [4.69, 9.17) is 0 Å². The summed E-state index contributed by atoms with van der Waals surface area (Å²) in [5, 5.41) is 7.94. The molecule has 1 heterocycles. The SMILES string of the molecule is CC(C)NCC(C(C)C)N(C)Cc1ccsc1. The van der Waals surface area contributed by atoms with Crippen LogP contribution in [0.1, 0.15) is 33.3 Å². The number of thiophene rings is 1. The summed E-state index contributed by atoms with van der Waals surface area (Å²) < 4.78 is 0. The van der Waals surface area contributed by atoms with Crippen molar-refractivity contribution in [2.75, 3.05) is 13.6 Å². The molecule has 1 unspecified atom stereocenters. The highest BCUT2D eigenvalue weighted by Crippen LogP contribution is 2.14. The molecule has 1 rings (SSSR count). The molecule has 0 bridgehead atoms. The van der Waals surface area contributed by atoms with Gasteiger partial charge in [-0.3, -0.25) is 4.90 Å². The Kier molecular flexibility index (Phi) is 6.17. The monoisotopic (exact) mass is 254 g/mol. The van der Waals surface area contributed by atoms with Crippen LogP contribution in [0, 0.1) is 5.92 Å². The second-order valence-electron chi connectivity index (χ2n) is 5.42. The van der Waals surface area contributed by atoms with E-state index >= 15 is 0 Å². The van der Waals surface area contributed by atoms with Gasteiger partial charge in [0.05, 0.1) is 0 Å². The molecule has 0 fully saturated rings. The molecular formula is C14H26N2S. The average Bonchev–Trinajstić information content (AvgIpc) is 2.69. The largest absolute Gasteiger partial charge is 0.313 e. The van der Waals surface area contributed by atoms with Crippen LogP contribution in [-0.2, 0) is 6.54 Å². The Bertz CT molecular complexity index is 293. The summed E-state index contributed by atoms with van der Waals surface area (Å²) in [4.78, 5) is 2.46. The molecule has 0 aliphatic heterocycles. The Labute approximate surface area is 110 Å². The summed E-state index contributed by atoms with van der Waals surface area (Å²) in [6.45, 7) is 11.1. The summed E-state index contributed by atoms with van der Waals surface area (Å²) in [5.41, 5.74) is 1.42. The van der Waals surface area contributed by atoms with E-state index < -0.39 is 0 Å². The Balaban J connectivity index is 2.51. The van der Waals surface area contributed by atoms with E-state index in [9.17, 15) is 0 Å². The van der Waals surface area contributed by atoms with Gasteiger partial charge in [-0.2, -0.15) is 11.3 Å². The van der Waals surface area contributed by atoms with Gasteiger partial charge in [0.2, 0.25) is 0 Å². The number of rotatable bonds is 7. The number of hydrogen-bond donors (Lipinski definition) is 1. The molecular weight excluding hydrogens is 228 g/mol. The highest BCUT2D eigenvalue weighted by Gasteiger charge is 2.18. The van der Waals surface area contributed by atoms with Crippen LogP contribution >= 0.6 is 11.3 Å². The third-order valence-electron chi connectivity index (χ3n) is 3.08. The van der Waals surface area contributed by atoms with Crippen LogP contribution in [0.25, 0.3) is 0 Å². The van der Waals surface area contributed by atoms with E-state index in [1.165, 1.54) is 5.56 Å². The fraction of sp³-hybridized carbons (Fsp3) is 0.714. The van der Waals surface area contributed by atoms with Gasteiger partial charge in [0, 0.05) is 25.2 Å². The van der Waals surface area contributed by atoms with Gasteiger partial charge in [0.15, 0.2) is 0 Å². The van der Waals surface area contributed by atoms with E-state index in [1.54, 1.807) is 11.3 Å². The van der Waals surface area contributed by atoms with E-state index in [2.05, 4.69) is 61.8 Å². The highest BCUT2D eigenvalue weighted by atomic mass is 32.1. The van der Waals surface area contributed by atoms with E-state index in [1.807, 2.05) is 0 Å². The van der Waals surface area contributed by atoms with Crippen molar-refractivity contribution >= 4 is 11.3 Å². The maximum Gasteiger partial charge on any atom is 0.0244 e. The third kappa shape index (κ3) is 5.19. The zero-order chi connectivity index (χ0) is 12.8. The van der Waals surface area contributed by atoms with Gasteiger partial charge in [-0.15, -0.1) is 0 Å². The van der Waals surface area contributed by atoms with Gasteiger partial charge < -0.3 is 5.32 Å². The summed E-state index contributed by atoms with van der Waals surface area (Å²) in [5.74, 6) is 0.671. The smallest absolute Gasteiger partial charge is 0.0244 e. The first-order chi connectivity index (χ1) is 8.00. The van der Waals surface area contributed by atoms with Crippen molar-refractivity contribution in [3.63, 3.8) is 0 Å². The fourth-order valence-electron chi connectivity index (χ4n) is 2.04. The molecule has 1 N–H and O–H groups in total. The summed E-state index contributed by atoms with van der Waals surface area (Å²) in [6, 6.07) is 3.37. The number of nitrogens with one attached hydrogen (secondary N) is 1. The first-order valence-corrected chi connectivity index (χ1v) is 7.39. The van der Waals surface area contributed by atoms with Crippen molar-refractivity contribution in [1.29, 1.82) is 0 Å². The second kappa shape index (κ2) is 7.14. The molecule has 0 saturated heterocycles. The quantitative estimate of drug-likeness (QED) is 0.804. The molecule has 0 aromatic carbocycles. The maximum atomic E-state index is 3.55. The molecule has 0 saturated carbocycles. The van der Waals surface area contributed by atoms with Crippen LogP contribution in [0.2, 0.25) is 0 Å². The van der Waals surface area contributed by atoms with Gasteiger partial charge in [0.25, 0.3) is 0 Å². The number of nitrogens with zero attached hydrogens (tertiary/aromatic N) is 1. The lowest BCUT2D eigenvalue weighted by molar-refractivity contribution is 0.177. The van der Waals surface area contributed by atoms with Crippen LogP contribution in [0.5, 0.6) is 0 Å². The Hall–Kier alpha value is -0.380. The molecule has 17 heavy (non-hydrogen) atoms. The van der Waals surface area contributed by atoms with Crippen molar-refractivity contribution in [3.05, 3.63) is 22.4 Å². The lowest BCUT2D eigenvalue weighted by Crippen LogP contribution is -2.44. The van der Waals surface area contributed by atoms with E-state index in [0.717, 1.165) is 13.1 Å². The molecule has 2 nitrogen and oxygen atoms in total. The molecule has 98 valence electrons. The predicted octanol–water partition coefficient (Wildman–Crippen LogP) is 3.20. The third-order valence-corrected chi connectivity index (χ3v) is 3.82. The minimum atomic E-state index is 0.561. The predicted molar refractivity (Wildman–Crippen MR) is 77.6 cm³/mol. The van der Waals surface area contributed by atoms with E-state index in [0.29, 0.717) is 18.0 Å². The topological polar surface area (TPSA) is 15.3 Å². The van der Waals surface area contributed by atoms with Gasteiger partial charge in [-0.05, 0) is 35.4 Å². The van der Waals surface area contributed by atoms with Crippen LogP contribution in [0.15, 0.2) is 16.8 Å². The Morgan fingerprint density at radius 1 is 1.29 bits per heavy atom. The van der Waals surface area contributed by atoms with Crippen molar-refractivity contribution < 1.29 is 0 Å². The Morgan fingerprint density at radius 2 is 2.00 bits per heavy atom. The van der Waals surface area contributed by atoms with Crippen LogP contribution < -0.4 is 5.32 Å². The normalized spacial score (nSPS) is 13.9. The average molecular weight is 254 g/mol. The number of likely N-dealkylation sites (N-methyl/N-ethyl adjacent to an activating group) is 1. The minimum absolute atomic E-state index is 0.561. The summed E-state index contributed by atoms with van der Waals surface area (Å²) in [7, 11) is 2.23. The van der Waals surface area contributed by atoms with Crippen LogP contribution in [0.3, 0.4) is 0 Å². The molecule has 1 aromatic heterocycles. The fourth-order valence-corrected chi connectivity index (χ4v) is 2.70. The first-order valence-electron chi connectivity index (χ1n) is 6.45. The van der Waals surface area contributed by atoms with Crippen molar-refractivity contribution in [3.8, 4) is 0 Å². The minimum Gasteiger partial charge on any atom is -0.313 e. The molecule has 1 atom stereocenters. The first kappa shape index (κ1) is 14.7. The molecule has 0 aliphatic rings. The molecule has 0 spiro atoms. The zero-order valence-electron chi connectivity index (χ0n) is 11.7. The molecule has 0 radical (unpaired) electrons. The lowest BCUT2D eigenvalue weighted by atomic mass is 10.0. The highest BCUT2D eigenvalue weighted by molar-refractivity contribution is 7.07. The molecule has 0 amide bonds. The number of hydrogen-bond acceptors (Lipinski definition) is 3. The van der Waals surface area contributed by atoms with Crippen LogP contribution in [-0.4, -0.2) is 30.6 Å². The maximum absolute atomic E-state index is 3.55. The summed E-state index contributed by atoms with van der Waals surface area (Å²) in [6.07, 6.45) is 0. The van der Waals surface area contributed by atoms with Crippen molar-refractivity contribution in [1.82, 2.24) is 10.2 Å². The summed E-state index contributed by atoms with van der Waals surface area (Å²) >= 11 is 1.78. The molecule has 3 heteroatoms.